The van der Waals surface area contributed by atoms with Gasteiger partial charge >= 0.3 is 0 Å². The van der Waals surface area contributed by atoms with E-state index in [1.807, 2.05) is 31.2 Å². The minimum atomic E-state index is -0.0832. The highest BCUT2D eigenvalue weighted by atomic mass is 35.5. The second-order valence-electron chi connectivity index (χ2n) is 4.71. The molecule has 0 heterocycles. The van der Waals surface area contributed by atoms with Gasteiger partial charge in [0.25, 0.3) is 0 Å². The van der Waals surface area contributed by atoms with Crippen molar-refractivity contribution in [3.05, 3.63) is 58.1 Å². The van der Waals surface area contributed by atoms with Crippen LogP contribution in [0.15, 0.2) is 42.5 Å². The van der Waals surface area contributed by atoms with Crippen molar-refractivity contribution in [3.63, 3.8) is 0 Å². The molecule has 0 aliphatic rings. The van der Waals surface area contributed by atoms with Crippen LogP contribution in [0.5, 0.6) is 5.75 Å². The number of anilines is 1. The summed E-state index contributed by atoms with van der Waals surface area (Å²) in [6.45, 7) is 2.54. The van der Waals surface area contributed by atoms with Gasteiger partial charge in [-0.1, -0.05) is 29.3 Å². The Morgan fingerprint density at radius 1 is 1.09 bits per heavy atom. The SMILES string of the molecule is CCOc1ccc(NC(=O)CCc2c(Cl)cccc2Cl)cc1. The largest absolute Gasteiger partial charge is 0.494 e. The molecule has 0 aromatic heterocycles. The van der Waals surface area contributed by atoms with Crippen LogP contribution in [-0.2, 0) is 11.2 Å². The zero-order valence-corrected chi connectivity index (χ0v) is 13.7. The zero-order chi connectivity index (χ0) is 15.9. The van der Waals surface area contributed by atoms with Crippen molar-refractivity contribution < 1.29 is 9.53 Å². The number of nitrogens with one attached hydrogen (secondary N) is 1. The molecular weight excluding hydrogens is 321 g/mol. The lowest BCUT2D eigenvalue weighted by Gasteiger charge is -2.09. The summed E-state index contributed by atoms with van der Waals surface area (Å²) in [5, 5.41) is 4.01. The minimum absolute atomic E-state index is 0.0832. The fourth-order valence-corrected chi connectivity index (χ4v) is 2.62. The lowest BCUT2D eigenvalue weighted by molar-refractivity contribution is -0.116. The molecule has 22 heavy (non-hydrogen) atoms. The smallest absolute Gasteiger partial charge is 0.224 e. The summed E-state index contributed by atoms with van der Waals surface area (Å²) in [6.07, 6.45) is 0.817. The minimum Gasteiger partial charge on any atom is -0.494 e. The van der Waals surface area contributed by atoms with Gasteiger partial charge in [-0.3, -0.25) is 4.79 Å². The molecule has 116 valence electrons. The number of hydrogen-bond donors (Lipinski definition) is 1. The molecule has 2 aromatic rings. The van der Waals surface area contributed by atoms with Crippen molar-refractivity contribution in [1.29, 1.82) is 0 Å². The Balaban J connectivity index is 1.90. The van der Waals surface area contributed by atoms with Crippen LogP contribution in [-0.4, -0.2) is 12.5 Å². The van der Waals surface area contributed by atoms with Crippen molar-refractivity contribution in [2.75, 3.05) is 11.9 Å². The highest BCUT2D eigenvalue weighted by Crippen LogP contribution is 2.25. The van der Waals surface area contributed by atoms with E-state index >= 15 is 0 Å². The average Bonchev–Trinajstić information content (AvgIpc) is 2.49. The Morgan fingerprint density at radius 2 is 1.73 bits per heavy atom. The number of carbonyl (C=O) groups is 1. The van der Waals surface area contributed by atoms with E-state index < -0.39 is 0 Å². The van der Waals surface area contributed by atoms with Gasteiger partial charge in [0, 0.05) is 22.2 Å². The standard InChI is InChI=1S/C17H17Cl2NO2/c1-2-22-13-8-6-12(7-9-13)20-17(21)11-10-14-15(18)4-3-5-16(14)19/h3-9H,2,10-11H2,1H3,(H,20,21). The lowest BCUT2D eigenvalue weighted by Crippen LogP contribution is -2.12. The summed E-state index contributed by atoms with van der Waals surface area (Å²) in [6, 6.07) is 12.6. The van der Waals surface area contributed by atoms with Gasteiger partial charge in [-0.2, -0.15) is 0 Å². The fourth-order valence-electron chi connectivity index (χ4n) is 2.03. The van der Waals surface area contributed by atoms with E-state index in [4.69, 9.17) is 27.9 Å². The first-order valence-corrected chi connectivity index (χ1v) is 7.81. The van der Waals surface area contributed by atoms with Crippen LogP contribution in [0.25, 0.3) is 0 Å². The predicted octanol–water partition coefficient (Wildman–Crippen LogP) is 4.96. The number of benzene rings is 2. The summed E-state index contributed by atoms with van der Waals surface area (Å²) in [5.41, 5.74) is 1.53. The molecule has 0 unspecified atom stereocenters. The molecule has 5 heteroatoms. The van der Waals surface area contributed by atoms with E-state index in [0.717, 1.165) is 17.0 Å². The second-order valence-corrected chi connectivity index (χ2v) is 5.52. The third-order valence-electron chi connectivity index (χ3n) is 3.11. The molecule has 0 bridgehead atoms. The van der Waals surface area contributed by atoms with E-state index in [-0.39, 0.29) is 5.91 Å². The number of ether oxygens (including phenoxy) is 1. The number of halogens is 2. The highest BCUT2D eigenvalue weighted by molar-refractivity contribution is 6.36. The molecule has 0 saturated heterocycles. The summed E-state index contributed by atoms with van der Waals surface area (Å²) in [5.74, 6) is 0.698. The zero-order valence-electron chi connectivity index (χ0n) is 12.2. The summed E-state index contributed by atoms with van der Waals surface area (Å²) in [4.78, 5) is 12.0. The second kappa shape index (κ2) is 8.06. The van der Waals surface area contributed by atoms with Crippen LogP contribution in [0.2, 0.25) is 10.0 Å². The number of carbonyl (C=O) groups excluding carboxylic acids is 1. The third-order valence-corrected chi connectivity index (χ3v) is 3.82. The molecule has 2 rings (SSSR count). The van der Waals surface area contributed by atoms with Gasteiger partial charge < -0.3 is 10.1 Å². The average molecular weight is 338 g/mol. The van der Waals surface area contributed by atoms with Crippen LogP contribution < -0.4 is 10.1 Å². The van der Waals surface area contributed by atoms with Crippen molar-refractivity contribution in [3.8, 4) is 5.75 Å². The van der Waals surface area contributed by atoms with Gasteiger partial charge in [-0.25, -0.2) is 0 Å². The Bertz CT molecular complexity index is 621. The van der Waals surface area contributed by atoms with Crippen molar-refractivity contribution in [2.45, 2.75) is 19.8 Å². The quantitative estimate of drug-likeness (QED) is 0.808. The molecule has 1 amide bonds. The van der Waals surface area contributed by atoms with Crippen LogP contribution in [0.1, 0.15) is 18.9 Å². The molecule has 0 radical (unpaired) electrons. The summed E-state index contributed by atoms with van der Waals surface area (Å²) < 4.78 is 5.36. The molecule has 1 N–H and O–H groups in total. The molecular formula is C17H17Cl2NO2. The maximum absolute atomic E-state index is 12.0. The van der Waals surface area contributed by atoms with Gasteiger partial charge in [0.15, 0.2) is 0 Å². The van der Waals surface area contributed by atoms with Crippen LogP contribution >= 0.6 is 23.2 Å². The summed E-state index contributed by atoms with van der Waals surface area (Å²) >= 11 is 12.2. The molecule has 0 atom stereocenters. The van der Waals surface area contributed by atoms with Crippen molar-refractivity contribution in [2.24, 2.45) is 0 Å². The molecule has 2 aromatic carbocycles. The maximum atomic E-state index is 12.0. The van der Waals surface area contributed by atoms with Gasteiger partial charge in [0.05, 0.1) is 6.61 Å². The maximum Gasteiger partial charge on any atom is 0.224 e. The van der Waals surface area contributed by atoms with E-state index in [1.165, 1.54) is 0 Å². The van der Waals surface area contributed by atoms with Gasteiger partial charge in [-0.05, 0) is 55.3 Å². The molecule has 0 fully saturated rings. The molecule has 0 aliphatic heterocycles. The van der Waals surface area contributed by atoms with Gasteiger partial charge in [0.2, 0.25) is 5.91 Å². The first-order chi connectivity index (χ1) is 10.6. The van der Waals surface area contributed by atoms with E-state index in [1.54, 1.807) is 18.2 Å². The van der Waals surface area contributed by atoms with Crippen molar-refractivity contribution in [1.82, 2.24) is 0 Å². The number of amides is 1. The van der Waals surface area contributed by atoms with Gasteiger partial charge in [-0.15, -0.1) is 0 Å². The predicted molar refractivity (Wildman–Crippen MR) is 91.0 cm³/mol. The highest BCUT2D eigenvalue weighted by Gasteiger charge is 2.09. The first-order valence-electron chi connectivity index (χ1n) is 7.05. The molecule has 3 nitrogen and oxygen atoms in total. The van der Waals surface area contributed by atoms with Crippen LogP contribution in [0.3, 0.4) is 0 Å². The third kappa shape index (κ3) is 4.65. The van der Waals surface area contributed by atoms with E-state index in [9.17, 15) is 4.79 Å². The number of hydrogen-bond acceptors (Lipinski definition) is 2. The Labute approximate surface area is 140 Å². The Kier molecular flexibility index (Phi) is 6.10. The molecule has 0 aliphatic carbocycles. The topological polar surface area (TPSA) is 38.3 Å². The van der Waals surface area contributed by atoms with E-state index in [0.29, 0.717) is 29.5 Å². The molecule has 0 spiro atoms. The monoisotopic (exact) mass is 337 g/mol. The van der Waals surface area contributed by atoms with Crippen LogP contribution in [0, 0.1) is 0 Å². The van der Waals surface area contributed by atoms with Gasteiger partial charge in [0.1, 0.15) is 5.75 Å². The van der Waals surface area contributed by atoms with E-state index in [2.05, 4.69) is 5.32 Å². The lowest BCUT2D eigenvalue weighted by atomic mass is 10.1. The normalized spacial score (nSPS) is 10.3. The molecule has 0 saturated carbocycles. The first kappa shape index (κ1) is 16.7. The van der Waals surface area contributed by atoms with Crippen LogP contribution in [0.4, 0.5) is 5.69 Å². The summed E-state index contributed by atoms with van der Waals surface area (Å²) in [7, 11) is 0. The fraction of sp³-hybridized carbons (Fsp3) is 0.235. The Hall–Kier alpha value is -1.71. The number of rotatable bonds is 6. The Morgan fingerprint density at radius 3 is 2.32 bits per heavy atom. The van der Waals surface area contributed by atoms with Crippen molar-refractivity contribution >= 4 is 34.8 Å².